The molecule has 0 spiro atoms. The Morgan fingerprint density at radius 2 is 0.870 bits per heavy atom. The zero-order valence-electron chi connectivity index (χ0n) is 25.4. The first-order chi connectivity index (χ1) is 21.6. The highest BCUT2D eigenvalue weighted by molar-refractivity contribution is 5.95. The quantitative estimate of drug-likeness (QED) is 0.0276. The normalized spacial score (nSPS) is 13.0. The van der Waals surface area contributed by atoms with Crippen molar-refractivity contribution in [2.45, 2.75) is 69.1 Å². The first-order valence-electron chi connectivity index (χ1n) is 14.1. The average Bonchev–Trinajstić information content (AvgIpc) is 2.96. The fourth-order valence-corrected chi connectivity index (χ4v) is 3.79. The molecule has 5 amide bonds. The molecule has 0 aromatic rings. The summed E-state index contributed by atoms with van der Waals surface area (Å²) in [5, 5.41) is 19.1. The van der Waals surface area contributed by atoms with Crippen molar-refractivity contribution >= 4 is 53.4 Å². The number of rotatable bonds is 23. The molecule has 0 saturated heterocycles. The van der Waals surface area contributed by atoms with Crippen LogP contribution in [-0.2, 0) is 28.8 Å². The molecule has 0 aliphatic heterocycles. The summed E-state index contributed by atoms with van der Waals surface area (Å²) in [6.45, 7) is -0.114. The standard InChI is InChI=1S/C24H47N15O7/c25-11-17(41)36-12(4-1-7-33-22(27)28)18(42)37-13(5-2-8-34-23(29)30)19(43)38-14(6-3-9-35-24(31)32)20(44)39-15(21(45)46)10-16(26)40/h12-15H,1-11,25H2,(H2,26,40)(H,36,41)(H,37,42)(H,38,43)(H,39,44)(H,45,46)(H4,27,28,33)(H4,29,30,34)(H4,31,32,35)/t12-,13-,14-,15-/m0/s1. The zero-order valence-corrected chi connectivity index (χ0v) is 25.4. The number of carboxylic acids is 1. The van der Waals surface area contributed by atoms with E-state index < -0.39 is 72.6 Å². The van der Waals surface area contributed by atoms with Crippen LogP contribution in [0.3, 0.4) is 0 Å². The number of primary amides is 1. The fraction of sp³-hybridized carbons (Fsp3) is 0.625. The van der Waals surface area contributed by atoms with Crippen molar-refractivity contribution in [3.63, 3.8) is 0 Å². The van der Waals surface area contributed by atoms with Gasteiger partial charge < -0.3 is 72.2 Å². The van der Waals surface area contributed by atoms with Crippen molar-refractivity contribution in [3.05, 3.63) is 0 Å². The number of carboxylic acid groups (broad SMARTS) is 1. The Morgan fingerprint density at radius 3 is 1.15 bits per heavy atom. The molecule has 0 aliphatic carbocycles. The summed E-state index contributed by atoms with van der Waals surface area (Å²) in [6.07, 6.45) is -0.110. The van der Waals surface area contributed by atoms with Gasteiger partial charge in [-0.3, -0.25) is 38.9 Å². The maximum atomic E-state index is 13.5. The fourth-order valence-electron chi connectivity index (χ4n) is 3.79. The molecular weight excluding hydrogens is 610 g/mol. The largest absolute Gasteiger partial charge is 0.480 e. The molecule has 22 nitrogen and oxygen atoms in total. The number of nitrogens with zero attached hydrogens (tertiary/aromatic N) is 3. The number of carbonyl (C=O) groups excluding carboxylic acids is 5. The van der Waals surface area contributed by atoms with Crippen LogP contribution in [0, 0.1) is 0 Å². The van der Waals surface area contributed by atoms with E-state index in [-0.39, 0.29) is 76.0 Å². The molecule has 4 atom stereocenters. The minimum atomic E-state index is -1.68. The number of amides is 5. The number of nitrogens with one attached hydrogen (secondary N) is 4. The highest BCUT2D eigenvalue weighted by Crippen LogP contribution is 2.07. The minimum Gasteiger partial charge on any atom is -0.480 e. The van der Waals surface area contributed by atoms with Gasteiger partial charge in [-0.25, -0.2) is 4.79 Å². The van der Waals surface area contributed by atoms with Gasteiger partial charge in [-0.05, 0) is 38.5 Å². The maximum absolute atomic E-state index is 13.5. The molecule has 0 radical (unpaired) electrons. The van der Waals surface area contributed by atoms with Gasteiger partial charge in [0.15, 0.2) is 17.9 Å². The van der Waals surface area contributed by atoms with Crippen molar-refractivity contribution < 1.29 is 33.9 Å². The summed E-state index contributed by atoms with van der Waals surface area (Å²) in [4.78, 5) is 86.2. The predicted molar refractivity (Wildman–Crippen MR) is 168 cm³/mol. The van der Waals surface area contributed by atoms with Gasteiger partial charge in [0, 0.05) is 19.6 Å². The monoisotopic (exact) mass is 657 g/mol. The minimum absolute atomic E-state index is 0.0261. The molecule has 0 aromatic heterocycles. The van der Waals surface area contributed by atoms with Crippen molar-refractivity contribution in [3.8, 4) is 0 Å². The van der Waals surface area contributed by atoms with Crippen molar-refractivity contribution in [2.75, 3.05) is 26.2 Å². The van der Waals surface area contributed by atoms with Gasteiger partial charge in [0.25, 0.3) is 0 Å². The average molecular weight is 658 g/mol. The van der Waals surface area contributed by atoms with Crippen LogP contribution in [0.2, 0.25) is 0 Å². The van der Waals surface area contributed by atoms with Crippen LogP contribution < -0.4 is 67.1 Å². The van der Waals surface area contributed by atoms with Gasteiger partial charge in [0.2, 0.25) is 29.5 Å². The lowest BCUT2D eigenvalue weighted by molar-refractivity contribution is -0.143. The molecule has 0 unspecified atom stereocenters. The molecule has 0 saturated carbocycles. The highest BCUT2D eigenvalue weighted by atomic mass is 16.4. The number of aliphatic imine (C=N–C) groups is 3. The molecule has 0 fully saturated rings. The number of nitrogens with two attached hydrogens (primary N) is 8. The summed E-state index contributed by atoms with van der Waals surface area (Å²) < 4.78 is 0. The Bertz CT molecular complexity index is 1130. The molecule has 21 N–H and O–H groups in total. The second-order valence-corrected chi connectivity index (χ2v) is 9.86. The third kappa shape index (κ3) is 19.0. The third-order valence-electron chi connectivity index (χ3n) is 5.96. The lowest BCUT2D eigenvalue weighted by atomic mass is 10.0. The van der Waals surface area contributed by atoms with E-state index in [4.69, 9.17) is 45.9 Å². The molecular formula is C24H47N15O7. The second kappa shape index (κ2) is 22.2. The van der Waals surface area contributed by atoms with Gasteiger partial charge in [0.05, 0.1) is 13.0 Å². The maximum Gasteiger partial charge on any atom is 0.326 e. The Kier molecular flexibility index (Phi) is 19.5. The van der Waals surface area contributed by atoms with Crippen LogP contribution in [-0.4, -0.2) is 109 Å². The summed E-state index contributed by atoms with van der Waals surface area (Å²) >= 11 is 0. The van der Waals surface area contributed by atoms with Crippen LogP contribution in [0.1, 0.15) is 44.9 Å². The van der Waals surface area contributed by atoms with Gasteiger partial charge in [0.1, 0.15) is 24.2 Å². The number of carbonyl (C=O) groups is 6. The summed E-state index contributed by atoms with van der Waals surface area (Å²) in [7, 11) is 0. The van der Waals surface area contributed by atoms with Gasteiger partial charge in [-0.15, -0.1) is 0 Å². The lowest BCUT2D eigenvalue weighted by Crippen LogP contribution is -2.58. The third-order valence-corrected chi connectivity index (χ3v) is 5.96. The first kappa shape index (κ1) is 40.6. The first-order valence-corrected chi connectivity index (χ1v) is 14.1. The molecule has 22 heteroatoms. The smallest absolute Gasteiger partial charge is 0.326 e. The van der Waals surface area contributed by atoms with Crippen molar-refractivity contribution in [1.29, 1.82) is 0 Å². The van der Waals surface area contributed by atoms with Crippen LogP contribution in [0.15, 0.2) is 15.0 Å². The molecule has 46 heavy (non-hydrogen) atoms. The van der Waals surface area contributed by atoms with Gasteiger partial charge in [-0.2, -0.15) is 0 Å². The Hall–Kier alpha value is -5.41. The van der Waals surface area contributed by atoms with Crippen LogP contribution in [0.5, 0.6) is 0 Å². The Labute approximate surface area is 265 Å². The summed E-state index contributed by atoms with van der Waals surface area (Å²) in [5.41, 5.74) is 42.5. The molecule has 260 valence electrons. The van der Waals surface area contributed by atoms with Crippen LogP contribution in [0.25, 0.3) is 0 Å². The lowest BCUT2D eigenvalue weighted by Gasteiger charge is -2.26. The Morgan fingerprint density at radius 1 is 0.543 bits per heavy atom. The molecule has 0 rings (SSSR count). The van der Waals surface area contributed by atoms with Crippen LogP contribution >= 0.6 is 0 Å². The van der Waals surface area contributed by atoms with E-state index >= 15 is 0 Å². The van der Waals surface area contributed by atoms with Crippen molar-refractivity contribution in [2.24, 2.45) is 60.8 Å². The van der Waals surface area contributed by atoms with Gasteiger partial charge >= 0.3 is 5.97 Å². The van der Waals surface area contributed by atoms with E-state index in [1.165, 1.54) is 0 Å². The number of hydrogen-bond acceptors (Lipinski definition) is 10. The van der Waals surface area contributed by atoms with Gasteiger partial charge in [-0.1, -0.05) is 0 Å². The van der Waals surface area contributed by atoms with E-state index in [1.54, 1.807) is 0 Å². The molecule has 0 aromatic carbocycles. The topological polar surface area (TPSA) is 416 Å². The van der Waals surface area contributed by atoms with Crippen LogP contribution in [0.4, 0.5) is 0 Å². The Balaban J connectivity index is 6.12. The molecule has 0 heterocycles. The molecule has 0 bridgehead atoms. The second-order valence-electron chi connectivity index (χ2n) is 9.86. The van der Waals surface area contributed by atoms with E-state index in [0.29, 0.717) is 0 Å². The predicted octanol–water partition coefficient (Wildman–Crippen LogP) is -6.99. The van der Waals surface area contributed by atoms with E-state index in [1.807, 2.05) is 0 Å². The zero-order chi connectivity index (χ0) is 35.2. The number of hydrogen-bond donors (Lipinski definition) is 13. The molecule has 0 aliphatic rings. The van der Waals surface area contributed by atoms with E-state index in [9.17, 15) is 33.9 Å². The highest BCUT2D eigenvalue weighted by Gasteiger charge is 2.31. The summed E-state index contributed by atoms with van der Waals surface area (Å²) in [5.74, 6) is -6.28. The van der Waals surface area contributed by atoms with E-state index in [2.05, 4.69) is 36.2 Å². The SMILES string of the molecule is NCC(=O)N[C@@H](CCCN=C(N)N)C(=O)N[C@@H](CCCN=C(N)N)C(=O)N[C@@H](CCCN=C(N)N)C(=O)N[C@@H](CC(N)=O)C(=O)O. The van der Waals surface area contributed by atoms with Crippen molar-refractivity contribution in [1.82, 2.24) is 21.3 Å². The number of guanidine groups is 3. The van der Waals surface area contributed by atoms with E-state index in [0.717, 1.165) is 0 Å². The summed E-state index contributed by atoms with van der Waals surface area (Å²) in [6, 6.07) is -5.46. The number of aliphatic carboxylic acids is 1.